The molecule has 146 valence electrons. The van der Waals surface area contributed by atoms with Gasteiger partial charge >= 0.3 is 0 Å². The van der Waals surface area contributed by atoms with Crippen LogP contribution in [0.1, 0.15) is 24.0 Å². The highest BCUT2D eigenvalue weighted by molar-refractivity contribution is 5.86. The van der Waals surface area contributed by atoms with Crippen LogP contribution in [-0.2, 0) is 13.0 Å². The van der Waals surface area contributed by atoms with Crippen LogP contribution in [0.2, 0.25) is 0 Å². The topological polar surface area (TPSA) is 15.3 Å². The Morgan fingerprint density at radius 2 is 1.34 bits per heavy atom. The first-order chi connectivity index (χ1) is 14.4. The molecule has 29 heavy (non-hydrogen) atoms. The number of nitrogens with one attached hydrogen (secondary N) is 1. The Balaban J connectivity index is 1.28. The summed E-state index contributed by atoms with van der Waals surface area (Å²) in [6.45, 7) is 3.12. The van der Waals surface area contributed by atoms with Crippen LogP contribution < -0.4 is 5.32 Å². The quantitative estimate of drug-likeness (QED) is 0.485. The lowest BCUT2D eigenvalue weighted by Gasteiger charge is -2.22. The molecular formula is C27H28N2. The van der Waals surface area contributed by atoms with E-state index in [0.717, 1.165) is 26.2 Å². The molecule has 1 aliphatic heterocycles. The third-order valence-corrected chi connectivity index (χ3v) is 6.25. The van der Waals surface area contributed by atoms with Crippen molar-refractivity contribution in [1.82, 2.24) is 10.2 Å². The molecule has 0 saturated carbocycles. The second-order valence-corrected chi connectivity index (χ2v) is 8.23. The summed E-state index contributed by atoms with van der Waals surface area (Å²) in [6.07, 6.45) is 3.58. The fraction of sp³-hybridized carbons (Fsp3) is 0.259. The van der Waals surface area contributed by atoms with Gasteiger partial charge in [0, 0.05) is 19.3 Å². The van der Waals surface area contributed by atoms with Gasteiger partial charge in [0.15, 0.2) is 0 Å². The Bertz CT molecular complexity index is 1020. The molecule has 1 atom stereocenters. The van der Waals surface area contributed by atoms with Crippen LogP contribution in [0.3, 0.4) is 0 Å². The predicted octanol–water partition coefficient (Wildman–Crippen LogP) is 5.75. The van der Waals surface area contributed by atoms with E-state index in [1.54, 1.807) is 0 Å². The minimum absolute atomic E-state index is 0.540. The van der Waals surface area contributed by atoms with E-state index < -0.39 is 0 Å². The zero-order valence-electron chi connectivity index (χ0n) is 16.9. The Kier molecular flexibility index (Phi) is 5.29. The smallest absolute Gasteiger partial charge is 0.0485 e. The van der Waals surface area contributed by atoms with Gasteiger partial charge in [0.2, 0.25) is 0 Å². The highest BCUT2D eigenvalue weighted by atomic mass is 15.2. The summed E-state index contributed by atoms with van der Waals surface area (Å²) in [5, 5.41) is 9.30. The summed E-state index contributed by atoms with van der Waals surface area (Å²) in [5.41, 5.74) is 2.89. The SMILES string of the molecule is c1ccc2c(CC3CCCN(Cc4cccc5ccccc45)CN3)cccc2c1. The van der Waals surface area contributed by atoms with E-state index in [-0.39, 0.29) is 0 Å². The van der Waals surface area contributed by atoms with E-state index in [2.05, 4.69) is 95.1 Å². The van der Waals surface area contributed by atoms with E-state index in [1.807, 2.05) is 0 Å². The second-order valence-electron chi connectivity index (χ2n) is 8.23. The van der Waals surface area contributed by atoms with Gasteiger partial charge in [-0.15, -0.1) is 0 Å². The maximum absolute atomic E-state index is 3.84. The Labute approximate surface area is 173 Å². The van der Waals surface area contributed by atoms with Crippen LogP contribution in [0.4, 0.5) is 0 Å². The fourth-order valence-electron chi connectivity index (χ4n) is 4.72. The van der Waals surface area contributed by atoms with Gasteiger partial charge in [0.05, 0.1) is 0 Å². The van der Waals surface area contributed by atoms with Crippen molar-refractivity contribution >= 4 is 21.5 Å². The standard InChI is InChI=1S/C27H28N2/c1-3-15-26-21(8-1)10-5-12-23(26)18-25-14-7-17-29(20-28-25)19-24-13-6-11-22-9-2-4-16-27(22)24/h1-6,8-13,15-16,25,28H,7,14,17-20H2. The van der Waals surface area contributed by atoms with Crippen LogP contribution >= 0.6 is 0 Å². The zero-order valence-corrected chi connectivity index (χ0v) is 16.9. The molecule has 0 radical (unpaired) electrons. The van der Waals surface area contributed by atoms with Crippen molar-refractivity contribution in [2.75, 3.05) is 13.2 Å². The molecule has 4 aromatic carbocycles. The molecule has 5 rings (SSSR count). The van der Waals surface area contributed by atoms with Crippen molar-refractivity contribution in [1.29, 1.82) is 0 Å². The van der Waals surface area contributed by atoms with E-state index in [4.69, 9.17) is 0 Å². The van der Waals surface area contributed by atoms with E-state index in [0.29, 0.717) is 6.04 Å². The lowest BCUT2D eigenvalue weighted by atomic mass is 9.97. The van der Waals surface area contributed by atoms with Crippen LogP contribution in [0, 0.1) is 0 Å². The molecule has 2 nitrogen and oxygen atoms in total. The average molecular weight is 381 g/mol. The number of nitrogens with zero attached hydrogens (tertiary/aromatic N) is 1. The number of rotatable bonds is 4. The molecule has 1 heterocycles. The van der Waals surface area contributed by atoms with Crippen LogP contribution in [-0.4, -0.2) is 24.2 Å². The predicted molar refractivity (Wildman–Crippen MR) is 123 cm³/mol. The van der Waals surface area contributed by atoms with E-state index in [1.165, 1.54) is 45.5 Å². The van der Waals surface area contributed by atoms with Crippen molar-refractivity contribution in [3.63, 3.8) is 0 Å². The Hall–Kier alpha value is -2.68. The lowest BCUT2D eigenvalue weighted by Crippen LogP contribution is -2.37. The van der Waals surface area contributed by atoms with Gasteiger partial charge in [0.25, 0.3) is 0 Å². The van der Waals surface area contributed by atoms with Crippen LogP contribution in [0.25, 0.3) is 21.5 Å². The van der Waals surface area contributed by atoms with Gasteiger partial charge in [-0.05, 0) is 58.5 Å². The van der Waals surface area contributed by atoms with Crippen LogP contribution in [0.15, 0.2) is 84.9 Å². The maximum atomic E-state index is 3.84. The third kappa shape index (κ3) is 4.05. The highest BCUT2D eigenvalue weighted by Crippen LogP contribution is 2.23. The molecule has 0 amide bonds. The monoisotopic (exact) mass is 380 g/mol. The van der Waals surface area contributed by atoms with Gasteiger partial charge in [0.1, 0.15) is 0 Å². The van der Waals surface area contributed by atoms with Crippen molar-refractivity contribution in [2.24, 2.45) is 0 Å². The van der Waals surface area contributed by atoms with Gasteiger partial charge < -0.3 is 5.32 Å². The lowest BCUT2D eigenvalue weighted by molar-refractivity contribution is 0.258. The van der Waals surface area contributed by atoms with Crippen molar-refractivity contribution < 1.29 is 0 Å². The first-order valence-corrected chi connectivity index (χ1v) is 10.8. The largest absolute Gasteiger partial charge is 0.301 e. The molecule has 2 heteroatoms. The molecule has 0 spiro atoms. The minimum atomic E-state index is 0.540. The first-order valence-electron chi connectivity index (χ1n) is 10.8. The summed E-state index contributed by atoms with van der Waals surface area (Å²) < 4.78 is 0. The second kappa shape index (κ2) is 8.36. The molecule has 1 saturated heterocycles. The van der Waals surface area contributed by atoms with Crippen molar-refractivity contribution in [3.05, 3.63) is 96.1 Å². The summed E-state index contributed by atoms with van der Waals surface area (Å²) >= 11 is 0. The number of benzene rings is 4. The first kappa shape index (κ1) is 18.4. The van der Waals surface area contributed by atoms with E-state index >= 15 is 0 Å². The summed E-state index contributed by atoms with van der Waals surface area (Å²) in [4.78, 5) is 2.56. The van der Waals surface area contributed by atoms with Crippen molar-refractivity contribution in [3.8, 4) is 0 Å². The third-order valence-electron chi connectivity index (χ3n) is 6.25. The fourth-order valence-corrected chi connectivity index (χ4v) is 4.72. The Morgan fingerprint density at radius 3 is 2.10 bits per heavy atom. The summed E-state index contributed by atoms with van der Waals surface area (Å²) in [5.74, 6) is 0. The normalized spacial score (nSPS) is 18.1. The maximum Gasteiger partial charge on any atom is 0.0485 e. The number of hydrogen-bond donors (Lipinski definition) is 1. The summed E-state index contributed by atoms with van der Waals surface area (Å²) in [7, 11) is 0. The zero-order chi connectivity index (χ0) is 19.5. The number of fused-ring (bicyclic) bond motifs is 2. The average Bonchev–Trinajstić information content (AvgIpc) is 2.99. The molecule has 1 N–H and O–H groups in total. The molecule has 1 fully saturated rings. The van der Waals surface area contributed by atoms with Crippen LogP contribution in [0.5, 0.6) is 0 Å². The Morgan fingerprint density at radius 1 is 0.724 bits per heavy atom. The van der Waals surface area contributed by atoms with Gasteiger partial charge in [-0.2, -0.15) is 0 Å². The molecule has 1 unspecified atom stereocenters. The van der Waals surface area contributed by atoms with E-state index in [9.17, 15) is 0 Å². The minimum Gasteiger partial charge on any atom is -0.301 e. The molecule has 0 aliphatic carbocycles. The molecular weight excluding hydrogens is 352 g/mol. The highest BCUT2D eigenvalue weighted by Gasteiger charge is 2.18. The van der Waals surface area contributed by atoms with Gasteiger partial charge in [-0.3, -0.25) is 4.90 Å². The van der Waals surface area contributed by atoms with Gasteiger partial charge in [-0.25, -0.2) is 0 Å². The molecule has 1 aliphatic rings. The molecule has 0 aromatic heterocycles. The van der Waals surface area contributed by atoms with Crippen molar-refractivity contribution in [2.45, 2.75) is 31.8 Å². The number of hydrogen-bond acceptors (Lipinski definition) is 2. The molecule has 0 bridgehead atoms. The summed E-state index contributed by atoms with van der Waals surface area (Å²) in [6, 6.07) is 31.4. The van der Waals surface area contributed by atoms with Gasteiger partial charge in [-0.1, -0.05) is 84.9 Å². The molecule has 4 aromatic rings.